The number of halogens is 2. The Labute approximate surface area is 227 Å². The van der Waals surface area contributed by atoms with Gasteiger partial charge in [0.05, 0.1) is 0 Å². The summed E-state index contributed by atoms with van der Waals surface area (Å²) in [5.41, 5.74) is -0.845. The Kier molecular flexibility index (Phi) is 23.5. The number of nitrogens with zero attached hydrogens (tertiary/aromatic N) is 4. The average Bonchev–Trinajstić information content (AvgIpc) is 2.64. The molecule has 2 aromatic heterocycles. The van der Waals surface area contributed by atoms with E-state index in [1.807, 2.05) is 41.5 Å². The van der Waals surface area contributed by atoms with Crippen molar-refractivity contribution < 1.29 is 94.7 Å². The van der Waals surface area contributed by atoms with Crippen LogP contribution >= 0.6 is 0 Å². The number of hydrogen-bond acceptors (Lipinski definition) is 12. The van der Waals surface area contributed by atoms with Gasteiger partial charge in [0.25, 0.3) is 0 Å². The van der Waals surface area contributed by atoms with Gasteiger partial charge in [-0.3, -0.25) is 0 Å². The third-order valence-electron chi connectivity index (χ3n) is 2.93. The second-order valence-corrected chi connectivity index (χ2v) is 9.57. The molecule has 0 atom stereocenters. The zero-order valence-electron chi connectivity index (χ0n) is 20.7. The molecule has 0 aromatic carbocycles. The summed E-state index contributed by atoms with van der Waals surface area (Å²) in [6.07, 6.45) is 3.23. The summed E-state index contributed by atoms with van der Waals surface area (Å²) in [6, 6.07) is 10.6. The maximum absolute atomic E-state index is 11.5. The molecule has 0 unspecified atom stereocenters. The Bertz CT molecular complexity index is 787. The molecule has 37 heavy (non-hydrogen) atoms. The molecule has 0 aliphatic heterocycles. The molecule has 0 aliphatic carbocycles. The topological polar surface area (TPSA) is 316 Å². The van der Waals surface area contributed by atoms with Crippen molar-refractivity contribution in [2.75, 3.05) is 0 Å². The smallest absolute Gasteiger partial charge is 0.361 e. The molecule has 0 amide bonds. The predicted octanol–water partition coefficient (Wildman–Crippen LogP) is -6.78. The molecule has 0 spiro atoms. The first-order valence-corrected chi connectivity index (χ1v) is 11.5. The molecule has 2 heterocycles. The van der Waals surface area contributed by atoms with Crippen LogP contribution < -0.4 is 37.3 Å². The van der Waals surface area contributed by atoms with Gasteiger partial charge in [0.1, 0.15) is 23.5 Å². The van der Waals surface area contributed by atoms with Gasteiger partial charge >= 0.3 is 11.6 Å². The van der Waals surface area contributed by atoms with E-state index in [9.17, 15) is 9.81 Å². The van der Waals surface area contributed by atoms with Crippen LogP contribution in [0.25, 0.3) is 0 Å². The van der Waals surface area contributed by atoms with Crippen molar-refractivity contribution in [3.63, 3.8) is 0 Å². The van der Waals surface area contributed by atoms with E-state index in [2.05, 4.69) is 9.97 Å². The third-order valence-corrected chi connectivity index (χ3v) is 2.93. The van der Waals surface area contributed by atoms with Gasteiger partial charge in [0.2, 0.25) is 0 Å². The van der Waals surface area contributed by atoms with E-state index >= 15 is 0 Å². The fraction of sp³-hybridized carbons (Fsp3) is 0.444. The van der Waals surface area contributed by atoms with Crippen LogP contribution in [-0.2, 0) is 27.4 Å². The summed E-state index contributed by atoms with van der Waals surface area (Å²) >= 11 is 0. The number of rotatable bonds is 2. The van der Waals surface area contributed by atoms with Gasteiger partial charge in [-0.1, -0.05) is 21.9 Å². The molecule has 6 N–H and O–H groups in total. The quantitative estimate of drug-likeness (QED) is 0.171. The van der Waals surface area contributed by atoms with Crippen LogP contribution in [0.4, 0.5) is 11.6 Å². The predicted molar refractivity (Wildman–Crippen MR) is 104 cm³/mol. The number of pyridine rings is 2. The molecule has 19 heteroatoms. The van der Waals surface area contributed by atoms with Crippen LogP contribution in [0, 0.1) is 30.3 Å². The minimum atomic E-state index is -4.94. The van der Waals surface area contributed by atoms with Gasteiger partial charge in [-0.25, -0.2) is 37.3 Å². The second kappa shape index (κ2) is 19.3. The molecular weight excluding hydrogens is 594 g/mol. The van der Waals surface area contributed by atoms with Crippen LogP contribution in [0.1, 0.15) is 41.5 Å². The molecule has 218 valence electrons. The number of hydrogen-bond donors (Lipinski definition) is 0. The first kappa shape index (κ1) is 45.1. The van der Waals surface area contributed by atoms with E-state index in [-0.39, 0.29) is 27.4 Å². The van der Waals surface area contributed by atoms with Crippen molar-refractivity contribution in [2.24, 2.45) is 0 Å². The minimum absolute atomic E-state index is 0. The SMILES string of the molecule is CC(C)(C)[N+](=O)c1ccccn1.CC(C)(C)[N+](=O)c1ccccn1.[Ni].[O-][Cl+3]([O-])([O-])[O-].[O-][Cl+3]([O-])([O-])[O-].[OH3+].[OH3+]. The molecule has 0 aliphatic rings. The maximum Gasteiger partial charge on any atom is 0.361 e. The van der Waals surface area contributed by atoms with Crippen LogP contribution in [0.3, 0.4) is 0 Å². The summed E-state index contributed by atoms with van der Waals surface area (Å²) in [7, 11) is -9.89. The second-order valence-electron chi connectivity index (χ2n) is 8.06. The van der Waals surface area contributed by atoms with Crippen molar-refractivity contribution in [3.8, 4) is 0 Å². The van der Waals surface area contributed by atoms with Gasteiger partial charge in [0, 0.05) is 28.6 Å². The van der Waals surface area contributed by atoms with Crippen molar-refractivity contribution in [1.82, 2.24) is 9.97 Å². The first-order valence-electron chi connectivity index (χ1n) is 9.03. The van der Waals surface area contributed by atoms with Gasteiger partial charge in [0.15, 0.2) is 0 Å². The Morgan fingerprint density at radius 3 is 0.946 bits per heavy atom. The molecule has 0 saturated carbocycles. The van der Waals surface area contributed by atoms with Crippen molar-refractivity contribution in [1.29, 1.82) is 0 Å². The van der Waals surface area contributed by atoms with Crippen LogP contribution in [0.5, 0.6) is 0 Å². The van der Waals surface area contributed by atoms with E-state index < -0.39 is 31.6 Å². The zero-order chi connectivity index (χ0) is 27.4. The van der Waals surface area contributed by atoms with Crippen LogP contribution in [-0.4, -0.2) is 30.6 Å². The monoisotopic (exact) mass is 624 g/mol. The first-order chi connectivity index (χ1) is 15.0. The number of nitroso groups, excluding NO2 is 2. The Morgan fingerprint density at radius 1 is 0.595 bits per heavy atom. The van der Waals surface area contributed by atoms with Crippen molar-refractivity contribution >= 4 is 11.6 Å². The molecule has 0 saturated heterocycles. The standard InChI is InChI=1S/2C9H13N2O.2ClHO4.Ni.2H2O/c2*1-9(2,3)11(12)8-6-4-5-7-10-8;2*2-1(3,4)5;;;/h2*4-7H,1-3H3;2*(H,2,3,4,5);;2*1H2/q2*+1;;;;;. The van der Waals surface area contributed by atoms with Gasteiger partial charge in [-0.15, -0.1) is 20.5 Å². The van der Waals surface area contributed by atoms with E-state index in [4.69, 9.17) is 37.3 Å². The summed E-state index contributed by atoms with van der Waals surface area (Å²) < 4.78 is 69.8. The Morgan fingerprint density at radius 2 is 0.811 bits per heavy atom. The van der Waals surface area contributed by atoms with Crippen LogP contribution in [0.15, 0.2) is 48.8 Å². The summed E-state index contributed by atoms with van der Waals surface area (Å²) in [5, 5.41) is 0. The molecule has 16 nitrogen and oxygen atoms in total. The van der Waals surface area contributed by atoms with E-state index in [0.717, 1.165) is 9.52 Å². The van der Waals surface area contributed by atoms with Gasteiger partial charge in [-0.2, -0.15) is 0 Å². The molecule has 0 fully saturated rings. The normalized spacial score (nSPS) is 10.5. The molecular formula is C18H32Cl2N4NiO12+2. The van der Waals surface area contributed by atoms with E-state index in [1.54, 1.807) is 48.8 Å². The Balaban J connectivity index is -0.000000129. The summed E-state index contributed by atoms with van der Waals surface area (Å²) in [4.78, 5) is 31.0. The molecule has 2 rings (SSSR count). The summed E-state index contributed by atoms with van der Waals surface area (Å²) in [6.45, 7) is 11.1. The van der Waals surface area contributed by atoms with Crippen molar-refractivity contribution in [2.45, 2.75) is 52.6 Å². The van der Waals surface area contributed by atoms with E-state index in [0.29, 0.717) is 11.6 Å². The zero-order valence-corrected chi connectivity index (χ0v) is 23.2. The largest absolute Gasteiger partial charge is 0.457 e. The minimum Gasteiger partial charge on any atom is -0.457 e. The van der Waals surface area contributed by atoms with Crippen molar-refractivity contribution in [3.05, 3.63) is 58.6 Å². The summed E-state index contributed by atoms with van der Waals surface area (Å²) in [5.74, 6) is 0.926. The van der Waals surface area contributed by atoms with Gasteiger partial charge < -0.3 is 11.0 Å². The molecule has 0 bridgehead atoms. The number of aromatic nitrogens is 2. The molecule has 2 aromatic rings. The Hall–Kier alpha value is -1.83. The fourth-order valence-corrected chi connectivity index (χ4v) is 1.64. The fourth-order valence-electron chi connectivity index (χ4n) is 1.64. The maximum atomic E-state index is 11.5. The molecule has 0 radical (unpaired) electrons. The average molecular weight is 626 g/mol. The van der Waals surface area contributed by atoms with E-state index in [1.165, 1.54) is 0 Å². The van der Waals surface area contributed by atoms with Gasteiger partial charge in [-0.05, 0) is 73.2 Å². The van der Waals surface area contributed by atoms with Crippen LogP contribution in [0.2, 0.25) is 0 Å². The third kappa shape index (κ3) is 30.3.